The molecule has 2 aliphatic heterocycles. The molecule has 0 radical (unpaired) electrons. The van der Waals surface area contributed by atoms with Crippen LogP contribution in [0.3, 0.4) is 0 Å². The molecule has 4 amide bonds. The maximum atomic E-state index is 13.3. The second-order valence-electron chi connectivity index (χ2n) is 10.3. The molecule has 224 valence electrons. The molecule has 4 rings (SSSR count). The summed E-state index contributed by atoms with van der Waals surface area (Å²) in [4.78, 5) is 64.2. The molecule has 1 unspecified atom stereocenters. The van der Waals surface area contributed by atoms with Gasteiger partial charge in [-0.3, -0.25) is 19.2 Å². The molecule has 0 bridgehead atoms. The number of rotatable bonds is 6. The summed E-state index contributed by atoms with van der Waals surface area (Å²) >= 11 is 0. The van der Waals surface area contributed by atoms with Gasteiger partial charge in [-0.1, -0.05) is 30.3 Å². The molecule has 13 heteroatoms. The quantitative estimate of drug-likeness (QED) is 0.242. The van der Waals surface area contributed by atoms with Crippen LogP contribution in [-0.2, 0) is 25.6 Å². The number of amides is 4. The number of hydrogen-bond donors (Lipinski definition) is 7. The van der Waals surface area contributed by atoms with Gasteiger partial charge in [0, 0.05) is 18.0 Å². The van der Waals surface area contributed by atoms with E-state index < -0.39 is 54.8 Å². The van der Waals surface area contributed by atoms with E-state index in [0.29, 0.717) is 18.5 Å². The van der Waals surface area contributed by atoms with Gasteiger partial charge in [-0.25, -0.2) is 4.79 Å². The van der Waals surface area contributed by atoms with Crippen LogP contribution in [0.15, 0.2) is 48.5 Å². The number of carbonyl (C=O) groups excluding carboxylic acids is 4. The molecule has 2 aromatic rings. The van der Waals surface area contributed by atoms with Crippen LogP contribution in [0, 0.1) is 5.92 Å². The van der Waals surface area contributed by atoms with Crippen LogP contribution in [-0.4, -0.2) is 84.2 Å². The first-order valence-corrected chi connectivity index (χ1v) is 13.8. The van der Waals surface area contributed by atoms with Gasteiger partial charge in [0.05, 0.1) is 24.6 Å². The Labute approximate surface area is 242 Å². The molecule has 3 atom stereocenters. The summed E-state index contributed by atoms with van der Waals surface area (Å²) in [6.07, 6.45) is 0.800. The number of carboxylic acids is 1. The van der Waals surface area contributed by atoms with Gasteiger partial charge < -0.3 is 41.5 Å². The van der Waals surface area contributed by atoms with Crippen molar-refractivity contribution in [3.63, 3.8) is 0 Å². The van der Waals surface area contributed by atoms with E-state index >= 15 is 0 Å². The first kappa shape index (κ1) is 30.5. The highest BCUT2D eigenvalue weighted by molar-refractivity contribution is 6.02. The molecule has 0 spiro atoms. The van der Waals surface area contributed by atoms with E-state index in [1.165, 1.54) is 12.1 Å². The Bertz CT molecular complexity index is 1300. The highest BCUT2D eigenvalue weighted by Crippen LogP contribution is 2.25. The lowest BCUT2D eigenvalue weighted by Crippen LogP contribution is -2.54. The second kappa shape index (κ2) is 14.4. The fourth-order valence-electron chi connectivity index (χ4n) is 4.81. The van der Waals surface area contributed by atoms with Crippen molar-refractivity contribution >= 4 is 35.3 Å². The molecule has 0 saturated carbocycles. The first-order valence-electron chi connectivity index (χ1n) is 13.8. The Kier molecular flexibility index (Phi) is 10.5. The summed E-state index contributed by atoms with van der Waals surface area (Å²) in [6, 6.07) is 9.66. The molecule has 13 nitrogen and oxygen atoms in total. The number of carbonyl (C=O) groups is 5. The summed E-state index contributed by atoms with van der Waals surface area (Å²) < 4.78 is 5.81. The van der Waals surface area contributed by atoms with Gasteiger partial charge in [0.2, 0.25) is 17.7 Å². The van der Waals surface area contributed by atoms with Gasteiger partial charge in [-0.2, -0.15) is 0 Å². The van der Waals surface area contributed by atoms with Gasteiger partial charge in [0.15, 0.2) is 0 Å². The minimum atomic E-state index is -1.62. The maximum Gasteiger partial charge on any atom is 0.326 e. The van der Waals surface area contributed by atoms with Crippen molar-refractivity contribution < 1.29 is 38.9 Å². The van der Waals surface area contributed by atoms with Gasteiger partial charge in [-0.15, -0.1) is 0 Å². The van der Waals surface area contributed by atoms with Gasteiger partial charge in [-0.05, 0) is 49.7 Å². The average molecular weight is 582 g/mol. The van der Waals surface area contributed by atoms with Crippen molar-refractivity contribution in [3.05, 3.63) is 59.7 Å². The van der Waals surface area contributed by atoms with Crippen LogP contribution in [0.2, 0.25) is 0 Å². The van der Waals surface area contributed by atoms with Crippen molar-refractivity contribution in [1.29, 1.82) is 0 Å². The predicted octanol–water partition coefficient (Wildman–Crippen LogP) is -0.205. The lowest BCUT2D eigenvalue weighted by molar-refractivity contribution is -0.141. The van der Waals surface area contributed by atoms with Gasteiger partial charge in [0.1, 0.15) is 24.4 Å². The van der Waals surface area contributed by atoms with E-state index in [4.69, 9.17) is 4.74 Å². The molecule has 0 aromatic heterocycles. The standard InChI is InChI=1S/C29H35N5O8/c35-15-20-16-42-24-7-6-19(31-26(37)18-8-10-30-11-9-18)13-21(24)27(38)34-23(29(40)41)14-25(36)33-22(28(39)32-20)12-17-4-2-1-3-5-17/h1-7,13,18,20,22-23,30,35H,8-12,14-16H2,(H,31,37)(H,32,39)(H,33,36)(H,34,38)(H,40,41)/t20?,22-,23-/m0/s1. The summed E-state index contributed by atoms with van der Waals surface area (Å²) in [7, 11) is 0. The zero-order valence-electron chi connectivity index (χ0n) is 22.9. The number of ether oxygens (including phenoxy) is 1. The highest BCUT2D eigenvalue weighted by atomic mass is 16.5. The van der Waals surface area contributed by atoms with E-state index in [9.17, 15) is 34.2 Å². The van der Waals surface area contributed by atoms with Crippen molar-refractivity contribution in [3.8, 4) is 5.75 Å². The number of aliphatic carboxylic acids is 1. The third-order valence-corrected chi connectivity index (χ3v) is 7.14. The Morgan fingerprint density at radius 1 is 0.976 bits per heavy atom. The Balaban J connectivity index is 1.60. The largest absolute Gasteiger partial charge is 0.491 e. The third-order valence-electron chi connectivity index (χ3n) is 7.14. The van der Waals surface area contributed by atoms with Crippen molar-refractivity contribution in [2.24, 2.45) is 5.92 Å². The van der Waals surface area contributed by atoms with Crippen LogP contribution in [0.1, 0.15) is 35.2 Å². The molecule has 42 heavy (non-hydrogen) atoms. The first-order chi connectivity index (χ1) is 20.2. The monoisotopic (exact) mass is 581 g/mol. The minimum absolute atomic E-state index is 0.0338. The fourth-order valence-corrected chi connectivity index (χ4v) is 4.81. The molecule has 2 aromatic carbocycles. The fraction of sp³-hybridized carbons (Fsp3) is 0.414. The number of aliphatic hydroxyl groups excluding tert-OH is 1. The number of carboxylic acid groups (broad SMARTS) is 1. The zero-order valence-corrected chi connectivity index (χ0v) is 22.9. The average Bonchev–Trinajstić information content (AvgIpc) is 2.99. The SMILES string of the molecule is O=C1C[C@@H](C(=O)O)NC(=O)c2cc(NC(=O)C3CCNCC3)ccc2OCC(CO)NC(=O)[C@H](Cc2ccccc2)N1. The number of hydrogen-bond acceptors (Lipinski definition) is 8. The molecule has 1 saturated heterocycles. The molecular weight excluding hydrogens is 546 g/mol. The van der Waals surface area contributed by atoms with Crippen LogP contribution >= 0.6 is 0 Å². The van der Waals surface area contributed by atoms with Crippen LogP contribution in [0.25, 0.3) is 0 Å². The third kappa shape index (κ3) is 8.27. The molecule has 2 heterocycles. The summed E-state index contributed by atoms with van der Waals surface area (Å²) in [6.45, 7) is 0.707. The van der Waals surface area contributed by atoms with Gasteiger partial charge in [0.25, 0.3) is 5.91 Å². The lowest BCUT2D eigenvalue weighted by Gasteiger charge is -2.25. The number of piperidine rings is 1. The van der Waals surface area contributed by atoms with Crippen molar-refractivity contribution in [2.45, 2.75) is 43.8 Å². The molecular formula is C29H35N5O8. The smallest absolute Gasteiger partial charge is 0.326 e. The number of aliphatic hydroxyl groups is 1. The van der Waals surface area contributed by atoms with E-state index in [-0.39, 0.29) is 36.2 Å². The van der Waals surface area contributed by atoms with Crippen LogP contribution in [0.5, 0.6) is 5.75 Å². The summed E-state index contributed by atoms with van der Waals surface area (Å²) in [5.41, 5.74) is 0.959. The predicted molar refractivity (Wildman–Crippen MR) is 151 cm³/mol. The summed E-state index contributed by atoms with van der Waals surface area (Å²) in [5.74, 6) is -4.02. The summed E-state index contributed by atoms with van der Waals surface area (Å²) in [5, 5.41) is 33.2. The van der Waals surface area contributed by atoms with Crippen molar-refractivity contribution in [1.82, 2.24) is 21.3 Å². The molecule has 7 N–H and O–H groups in total. The Morgan fingerprint density at radius 3 is 2.40 bits per heavy atom. The van der Waals surface area contributed by atoms with Crippen LogP contribution < -0.4 is 31.3 Å². The highest BCUT2D eigenvalue weighted by Gasteiger charge is 2.30. The van der Waals surface area contributed by atoms with Crippen molar-refractivity contribution in [2.75, 3.05) is 31.6 Å². The number of benzene rings is 2. The molecule has 0 aliphatic carbocycles. The Hall–Kier alpha value is -4.49. The van der Waals surface area contributed by atoms with E-state index in [1.807, 2.05) is 0 Å². The lowest BCUT2D eigenvalue weighted by atomic mass is 9.97. The number of anilines is 1. The van der Waals surface area contributed by atoms with E-state index in [2.05, 4.69) is 26.6 Å². The number of fused-ring (bicyclic) bond motifs is 1. The van der Waals surface area contributed by atoms with E-state index in [1.54, 1.807) is 36.4 Å². The topological polar surface area (TPSA) is 195 Å². The minimum Gasteiger partial charge on any atom is -0.491 e. The maximum absolute atomic E-state index is 13.3. The molecule has 2 aliphatic rings. The van der Waals surface area contributed by atoms with E-state index in [0.717, 1.165) is 18.7 Å². The second-order valence-corrected chi connectivity index (χ2v) is 10.3. The van der Waals surface area contributed by atoms with Gasteiger partial charge >= 0.3 is 5.97 Å². The number of nitrogens with one attached hydrogen (secondary N) is 5. The molecule has 1 fully saturated rings. The normalized spacial score (nSPS) is 22.3. The Morgan fingerprint density at radius 2 is 1.71 bits per heavy atom. The van der Waals surface area contributed by atoms with Crippen LogP contribution in [0.4, 0.5) is 5.69 Å². The zero-order chi connectivity index (χ0) is 30.1.